The third-order valence-electron chi connectivity index (χ3n) is 3.07. The Hall–Kier alpha value is -0.940. The third-order valence-corrected chi connectivity index (χ3v) is 3.92. The lowest BCUT2D eigenvalue weighted by atomic mass is 9.99. The number of hydrogen-bond acceptors (Lipinski definition) is 2. The molecular formula is C15H15BrClFN2. The molecular weight excluding hydrogens is 343 g/mol. The van der Waals surface area contributed by atoms with Crippen molar-refractivity contribution in [2.24, 2.45) is 5.84 Å². The highest BCUT2D eigenvalue weighted by Gasteiger charge is 2.10. The number of hydrazine groups is 1. The zero-order valence-electron chi connectivity index (χ0n) is 10.7. The highest BCUT2D eigenvalue weighted by molar-refractivity contribution is 9.10. The summed E-state index contributed by atoms with van der Waals surface area (Å²) in [6.07, 6.45) is 1.47. The third kappa shape index (κ3) is 4.28. The van der Waals surface area contributed by atoms with Gasteiger partial charge in [-0.05, 0) is 64.2 Å². The normalized spacial score (nSPS) is 12.4. The van der Waals surface area contributed by atoms with E-state index in [-0.39, 0.29) is 11.9 Å². The second-order valence-electron chi connectivity index (χ2n) is 4.65. The van der Waals surface area contributed by atoms with Crippen LogP contribution in [-0.2, 0) is 12.8 Å². The maximum Gasteiger partial charge on any atom is 0.137 e. The smallest absolute Gasteiger partial charge is 0.137 e. The average molecular weight is 358 g/mol. The molecule has 106 valence electrons. The van der Waals surface area contributed by atoms with Crippen molar-refractivity contribution in [1.29, 1.82) is 0 Å². The first-order valence-corrected chi connectivity index (χ1v) is 7.40. The molecule has 0 saturated heterocycles. The van der Waals surface area contributed by atoms with Gasteiger partial charge >= 0.3 is 0 Å². The summed E-state index contributed by atoms with van der Waals surface area (Å²) in [7, 11) is 0. The molecule has 0 saturated carbocycles. The van der Waals surface area contributed by atoms with Gasteiger partial charge in [0, 0.05) is 11.1 Å². The number of benzene rings is 2. The minimum absolute atomic E-state index is 0.0610. The fourth-order valence-electron chi connectivity index (χ4n) is 2.09. The van der Waals surface area contributed by atoms with Crippen molar-refractivity contribution < 1.29 is 4.39 Å². The van der Waals surface area contributed by atoms with E-state index in [0.717, 1.165) is 17.5 Å². The zero-order chi connectivity index (χ0) is 14.5. The Morgan fingerprint density at radius 3 is 2.45 bits per heavy atom. The Labute approximate surface area is 131 Å². The molecule has 1 unspecified atom stereocenters. The summed E-state index contributed by atoms with van der Waals surface area (Å²) in [6.45, 7) is 0. The van der Waals surface area contributed by atoms with E-state index in [1.807, 2.05) is 24.3 Å². The Morgan fingerprint density at radius 1 is 1.15 bits per heavy atom. The van der Waals surface area contributed by atoms with Crippen LogP contribution in [0.3, 0.4) is 0 Å². The van der Waals surface area contributed by atoms with Gasteiger partial charge < -0.3 is 0 Å². The van der Waals surface area contributed by atoms with Crippen molar-refractivity contribution in [3.8, 4) is 0 Å². The molecule has 0 spiro atoms. The molecule has 3 N–H and O–H groups in total. The van der Waals surface area contributed by atoms with Crippen LogP contribution < -0.4 is 11.3 Å². The van der Waals surface area contributed by atoms with Crippen molar-refractivity contribution in [1.82, 2.24) is 5.43 Å². The van der Waals surface area contributed by atoms with E-state index in [2.05, 4.69) is 21.4 Å². The molecule has 5 heteroatoms. The maximum absolute atomic E-state index is 13.2. The van der Waals surface area contributed by atoms with E-state index in [4.69, 9.17) is 17.4 Å². The first-order chi connectivity index (χ1) is 9.58. The molecule has 0 bridgehead atoms. The predicted octanol–water partition coefficient (Wildman–Crippen LogP) is 3.86. The molecule has 0 fully saturated rings. The maximum atomic E-state index is 13.2. The van der Waals surface area contributed by atoms with E-state index in [9.17, 15) is 4.39 Å². The van der Waals surface area contributed by atoms with Gasteiger partial charge in [0.1, 0.15) is 5.82 Å². The molecule has 0 aliphatic rings. The van der Waals surface area contributed by atoms with Crippen LogP contribution in [0.25, 0.3) is 0 Å². The van der Waals surface area contributed by atoms with Gasteiger partial charge in [0.15, 0.2) is 0 Å². The van der Waals surface area contributed by atoms with Crippen LogP contribution >= 0.6 is 27.5 Å². The minimum atomic E-state index is -0.263. The monoisotopic (exact) mass is 356 g/mol. The highest BCUT2D eigenvalue weighted by Crippen LogP contribution is 2.19. The first kappa shape index (κ1) is 15.4. The number of nitrogens with two attached hydrogens (primary N) is 1. The highest BCUT2D eigenvalue weighted by atomic mass is 79.9. The lowest BCUT2D eigenvalue weighted by Gasteiger charge is -2.16. The van der Waals surface area contributed by atoms with Crippen LogP contribution in [-0.4, -0.2) is 6.04 Å². The topological polar surface area (TPSA) is 38.0 Å². The van der Waals surface area contributed by atoms with Gasteiger partial charge in [-0.15, -0.1) is 0 Å². The quantitative estimate of drug-likeness (QED) is 0.630. The second kappa shape index (κ2) is 7.18. The Kier molecular flexibility index (Phi) is 5.54. The van der Waals surface area contributed by atoms with Crippen molar-refractivity contribution in [2.45, 2.75) is 18.9 Å². The molecule has 2 rings (SSSR count). The summed E-state index contributed by atoms with van der Waals surface area (Å²) in [4.78, 5) is 0. The van der Waals surface area contributed by atoms with Crippen LogP contribution in [0.2, 0.25) is 5.02 Å². The number of hydrogen-bond donors (Lipinski definition) is 2. The van der Waals surface area contributed by atoms with E-state index >= 15 is 0 Å². The summed E-state index contributed by atoms with van der Waals surface area (Å²) < 4.78 is 13.7. The summed E-state index contributed by atoms with van der Waals surface area (Å²) in [5, 5.41) is 0.711. The molecule has 0 aliphatic carbocycles. The van der Waals surface area contributed by atoms with E-state index in [1.54, 1.807) is 12.1 Å². The van der Waals surface area contributed by atoms with Gasteiger partial charge in [0.2, 0.25) is 0 Å². The van der Waals surface area contributed by atoms with Gasteiger partial charge in [-0.1, -0.05) is 29.8 Å². The SMILES string of the molecule is NNC(Cc1cccc(Cl)c1)Cc1ccc(F)c(Br)c1. The standard InChI is InChI=1S/C15H15BrClFN2/c16-14-9-11(4-5-15(14)18)8-13(20-19)7-10-2-1-3-12(17)6-10/h1-6,9,13,20H,7-8,19H2. The van der Waals surface area contributed by atoms with Gasteiger partial charge in [-0.3, -0.25) is 11.3 Å². The summed E-state index contributed by atoms with van der Waals surface area (Å²) >= 11 is 9.16. The van der Waals surface area contributed by atoms with Crippen molar-refractivity contribution >= 4 is 27.5 Å². The average Bonchev–Trinajstić information content (AvgIpc) is 2.42. The Morgan fingerprint density at radius 2 is 1.85 bits per heavy atom. The fraction of sp³-hybridized carbons (Fsp3) is 0.200. The molecule has 0 amide bonds. The molecule has 0 radical (unpaired) electrons. The van der Waals surface area contributed by atoms with Crippen LogP contribution in [0.5, 0.6) is 0 Å². The number of nitrogens with one attached hydrogen (secondary N) is 1. The molecule has 20 heavy (non-hydrogen) atoms. The van der Waals surface area contributed by atoms with Crippen molar-refractivity contribution in [3.05, 3.63) is 68.9 Å². The van der Waals surface area contributed by atoms with Crippen LogP contribution in [0, 0.1) is 5.82 Å². The second-order valence-corrected chi connectivity index (χ2v) is 5.94. The van der Waals surface area contributed by atoms with Gasteiger partial charge in [0.25, 0.3) is 0 Å². The van der Waals surface area contributed by atoms with Gasteiger partial charge in [-0.25, -0.2) is 4.39 Å². The molecule has 0 aromatic heterocycles. The van der Waals surface area contributed by atoms with Crippen LogP contribution in [0.1, 0.15) is 11.1 Å². The molecule has 2 aromatic carbocycles. The minimum Gasteiger partial charge on any atom is -0.271 e. The molecule has 2 nitrogen and oxygen atoms in total. The van der Waals surface area contributed by atoms with Crippen molar-refractivity contribution in [2.75, 3.05) is 0 Å². The molecule has 2 aromatic rings. The van der Waals surface area contributed by atoms with Gasteiger partial charge in [-0.2, -0.15) is 0 Å². The van der Waals surface area contributed by atoms with Crippen molar-refractivity contribution in [3.63, 3.8) is 0 Å². The summed E-state index contributed by atoms with van der Waals surface area (Å²) in [6, 6.07) is 12.7. The number of rotatable bonds is 5. The van der Waals surface area contributed by atoms with Crippen LogP contribution in [0.4, 0.5) is 4.39 Å². The van der Waals surface area contributed by atoms with Gasteiger partial charge in [0.05, 0.1) is 4.47 Å². The fourth-order valence-corrected chi connectivity index (χ4v) is 2.73. The van der Waals surface area contributed by atoms with E-state index < -0.39 is 0 Å². The van der Waals surface area contributed by atoms with E-state index in [0.29, 0.717) is 15.9 Å². The largest absolute Gasteiger partial charge is 0.271 e. The Balaban J connectivity index is 2.07. The lowest BCUT2D eigenvalue weighted by Crippen LogP contribution is -2.38. The summed E-state index contributed by atoms with van der Waals surface area (Å²) in [5.41, 5.74) is 4.93. The first-order valence-electron chi connectivity index (χ1n) is 6.23. The molecule has 0 heterocycles. The lowest BCUT2D eigenvalue weighted by molar-refractivity contribution is 0.521. The zero-order valence-corrected chi connectivity index (χ0v) is 13.1. The number of halogens is 3. The molecule has 1 atom stereocenters. The molecule has 0 aliphatic heterocycles. The Bertz CT molecular complexity index is 592. The predicted molar refractivity (Wildman–Crippen MR) is 84.1 cm³/mol. The summed E-state index contributed by atoms with van der Waals surface area (Å²) in [5.74, 6) is 5.34. The van der Waals surface area contributed by atoms with E-state index in [1.165, 1.54) is 6.07 Å². The van der Waals surface area contributed by atoms with Crippen LogP contribution in [0.15, 0.2) is 46.9 Å².